The summed E-state index contributed by atoms with van der Waals surface area (Å²) in [5.74, 6) is -0.136. The lowest BCUT2D eigenvalue weighted by Gasteiger charge is -2.15. The zero-order valence-corrected chi connectivity index (χ0v) is 11.1. The van der Waals surface area contributed by atoms with E-state index < -0.39 is 0 Å². The molecule has 0 radical (unpaired) electrons. The Morgan fingerprint density at radius 3 is 2.74 bits per heavy atom. The molecule has 1 heterocycles. The Labute approximate surface area is 112 Å². The lowest BCUT2D eigenvalue weighted by molar-refractivity contribution is 0.0938. The fourth-order valence-corrected chi connectivity index (χ4v) is 1.88. The molecule has 0 fully saturated rings. The van der Waals surface area contributed by atoms with Crippen LogP contribution in [0, 0.1) is 6.92 Å². The summed E-state index contributed by atoms with van der Waals surface area (Å²) in [7, 11) is 0. The lowest BCUT2D eigenvalue weighted by atomic mass is 10.1. The van der Waals surface area contributed by atoms with Crippen molar-refractivity contribution in [3.05, 3.63) is 59.4 Å². The van der Waals surface area contributed by atoms with Crippen LogP contribution in [0.25, 0.3) is 0 Å². The van der Waals surface area contributed by atoms with Gasteiger partial charge in [0, 0.05) is 17.4 Å². The third kappa shape index (κ3) is 2.91. The van der Waals surface area contributed by atoms with Crippen molar-refractivity contribution in [1.82, 2.24) is 10.3 Å². The number of pyridine rings is 1. The maximum absolute atomic E-state index is 12.2. The van der Waals surface area contributed by atoms with Gasteiger partial charge in [0.15, 0.2) is 0 Å². The molecule has 98 valence electrons. The van der Waals surface area contributed by atoms with Gasteiger partial charge in [-0.05, 0) is 43.7 Å². The number of nitrogens with zero attached hydrogens (tertiary/aromatic N) is 1. The highest BCUT2D eigenvalue weighted by atomic mass is 16.1. The van der Waals surface area contributed by atoms with Crippen LogP contribution in [0.1, 0.15) is 34.6 Å². The van der Waals surface area contributed by atoms with Crippen LogP contribution in [0.5, 0.6) is 0 Å². The molecule has 4 nitrogen and oxygen atoms in total. The molecule has 0 unspecified atom stereocenters. The maximum Gasteiger partial charge on any atom is 0.252 e. The summed E-state index contributed by atoms with van der Waals surface area (Å²) in [6.45, 7) is 3.75. The Morgan fingerprint density at radius 1 is 1.26 bits per heavy atom. The summed E-state index contributed by atoms with van der Waals surface area (Å²) < 4.78 is 0. The van der Waals surface area contributed by atoms with Gasteiger partial charge < -0.3 is 11.1 Å². The zero-order valence-electron chi connectivity index (χ0n) is 11.1. The number of nitrogen functional groups attached to an aromatic ring is 1. The summed E-state index contributed by atoms with van der Waals surface area (Å²) in [5.41, 5.74) is 8.66. The highest BCUT2D eigenvalue weighted by Gasteiger charge is 2.14. The molecule has 0 aliphatic carbocycles. The molecule has 1 aromatic heterocycles. The van der Waals surface area contributed by atoms with E-state index >= 15 is 0 Å². The first-order valence-electron chi connectivity index (χ1n) is 6.16. The van der Waals surface area contributed by atoms with Crippen LogP contribution >= 0.6 is 0 Å². The summed E-state index contributed by atoms with van der Waals surface area (Å²) in [4.78, 5) is 16.4. The van der Waals surface area contributed by atoms with E-state index in [2.05, 4.69) is 10.3 Å². The molecule has 2 rings (SSSR count). The number of aromatic nitrogens is 1. The van der Waals surface area contributed by atoms with Crippen molar-refractivity contribution in [2.45, 2.75) is 19.9 Å². The van der Waals surface area contributed by atoms with E-state index in [1.54, 1.807) is 24.4 Å². The van der Waals surface area contributed by atoms with Crippen molar-refractivity contribution in [2.24, 2.45) is 0 Å². The number of hydrogen-bond acceptors (Lipinski definition) is 3. The minimum absolute atomic E-state index is 0.136. The number of nitrogens with two attached hydrogens (primary N) is 1. The molecule has 0 saturated carbocycles. The molecule has 0 bridgehead atoms. The molecule has 3 N–H and O–H groups in total. The third-order valence-corrected chi connectivity index (χ3v) is 3.10. The van der Waals surface area contributed by atoms with Crippen LogP contribution < -0.4 is 11.1 Å². The topological polar surface area (TPSA) is 68.0 Å². The molecule has 1 amide bonds. The molecule has 0 aliphatic rings. The number of carbonyl (C=O) groups excluding carboxylic acids is 1. The first-order chi connectivity index (χ1) is 9.09. The van der Waals surface area contributed by atoms with Gasteiger partial charge in [-0.3, -0.25) is 9.78 Å². The predicted octanol–water partition coefficient (Wildman–Crippen LogP) is 2.46. The van der Waals surface area contributed by atoms with E-state index in [1.807, 2.05) is 32.0 Å². The van der Waals surface area contributed by atoms with Crippen LogP contribution in [0.15, 0.2) is 42.6 Å². The normalized spacial score (nSPS) is 11.9. The van der Waals surface area contributed by atoms with Gasteiger partial charge in [0.2, 0.25) is 0 Å². The van der Waals surface area contributed by atoms with Crippen molar-refractivity contribution in [2.75, 3.05) is 5.73 Å². The van der Waals surface area contributed by atoms with Gasteiger partial charge >= 0.3 is 0 Å². The second kappa shape index (κ2) is 5.52. The second-order valence-corrected chi connectivity index (χ2v) is 4.47. The Hall–Kier alpha value is -2.36. The van der Waals surface area contributed by atoms with E-state index in [0.29, 0.717) is 11.3 Å². The van der Waals surface area contributed by atoms with Gasteiger partial charge in [0.1, 0.15) is 0 Å². The fraction of sp³-hybridized carbons (Fsp3) is 0.200. The van der Waals surface area contributed by atoms with Crippen LogP contribution in [-0.2, 0) is 0 Å². The molecular formula is C15H17N3O. The summed E-state index contributed by atoms with van der Waals surface area (Å²) in [6.07, 6.45) is 1.71. The average molecular weight is 255 g/mol. The van der Waals surface area contributed by atoms with Crippen molar-refractivity contribution in [3.8, 4) is 0 Å². The van der Waals surface area contributed by atoms with Crippen molar-refractivity contribution in [1.29, 1.82) is 0 Å². The van der Waals surface area contributed by atoms with E-state index in [4.69, 9.17) is 5.73 Å². The highest BCUT2D eigenvalue weighted by molar-refractivity contribution is 5.97. The number of nitrogens with one attached hydrogen (secondary N) is 1. The van der Waals surface area contributed by atoms with Crippen molar-refractivity contribution < 1.29 is 4.79 Å². The number of benzene rings is 1. The van der Waals surface area contributed by atoms with Crippen LogP contribution in [0.3, 0.4) is 0 Å². The van der Waals surface area contributed by atoms with Crippen LogP contribution in [0.2, 0.25) is 0 Å². The molecule has 0 saturated heterocycles. The first-order valence-corrected chi connectivity index (χ1v) is 6.16. The Morgan fingerprint density at radius 2 is 2.05 bits per heavy atom. The molecule has 4 heteroatoms. The molecule has 1 aromatic carbocycles. The average Bonchev–Trinajstić information content (AvgIpc) is 2.42. The SMILES string of the molecule is Cc1c(N)cccc1C(=O)N[C@H](C)c1ccccn1. The number of rotatable bonds is 3. The maximum atomic E-state index is 12.2. The van der Waals surface area contributed by atoms with E-state index in [9.17, 15) is 4.79 Å². The molecule has 0 aliphatic heterocycles. The summed E-state index contributed by atoms with van der Waals surface area (Å²) >= 11 is 0. The van der Waals surface area contributed by atoms with Gasteiger partial charge in [-0.1, -0.05) is 12.1 Å². The number of amides is 1. The quantitative estimate of drug-likeness (QED) is 0.828. The lowest BCUT2D eigenvalue weighted by Crippen LogP contribution is -2.27. The van der Waals surface area contributed by atoms with E-state index in [-0.39, 0.29) is 11.9 Å². The van der Waals surface area contributed by atoms with E-state index in [1.165, 1.54) is 0 Å². The first kappa shape index (κ1) is 13.1. The highest BCUT2D eigenvalue weighted by Crippen LogP contribution is 2.17. The zero-order chi connectivity index (χ0) is 13.8. The summed E-state index contributed by atoms with van der Waals surface area (Å²) in [6, 6.07) is 10.8. The minimum Gasteiger partial charge on any atom is -0.398 e. The van der Waals surface area contributed by atoms with Crippen molar-refractivity contribution >= 4 is 11.6 Å². The monoisotopic (exact) mass is 255 g/mol. The van der Waals surface area contributed by atoms with Gasteiger partial charge in [0.25, 0.3) is 5.91 Å². The number of anilines is 1. The third-order valence-electron chi connectivity index (χ3n) is 3.10. The summed E-state index contributed by atoms with van der Waals surface area (Å²) in [5, 5.41) is 2.92. The molecule has 1 atom stereocenters. The Balaban J connectivity index is 2.16. The largest absolute Gasteiger partial charge is 0.398 e. The molecule has 19 heavy (non-hydrogen) atoms. The standard InChI is InChI=1S/C15H17N3O/c1-10-12(6-5-7-13(10)16)15(19)18-11(2)14-8-3-4-9-17-14/h3-9,11H,16H2,1-2H3,(H,18,19)/t11-/m1/s1. The smallest absolute Gasteiger partial charge is 0.252 e. The molecule has 0 spiro atoms. The van der Waals surface area contributed by atoms with Gasteiger partial charge in [0.05, 0.1) is 11.7 Å². The van der Waals surface area contributed by atoms with E-state index in [0.717, 1.165) is 11.3 Å². The Kier molecular flexibility index (Phi) is 3.80. The number of carbonyl (C=O) groups is 1. The second-order valence-electron chi connectivity index (χ2n) is 4.47. The number of hydrogen-bond donors (Lipinski definition) is 2. The predicted molar refractivity (Wildman–Crippen MR) is 75.7 cm³/mol. The Bertz CT molecular complexity index is 581. The molecular weight excluding hydrogens is 238 g/mol. The van der Waals surface area contributed by atoms with Gasteiger partial charge in [-0.2, -0.15) is 0 Å². The molecule has 2 aromatic rings. The van der Waals surface area contributed by atoms with Crippen molar-refractivity contribution in [3.63, 3.8) is 0 Å². The minimum atomic E-state index is -0.144. The van der Waals surface area contributed by atoms with Crippen LogP contribution in [0.4, 0.5) is 5.69 Å². The van der Waals surface area contributed by atoms with Gasteiger partial charge in [-0.15, -0.1) is 0 Å². The fourth-order valence-electron chi connectivity index (χ4n) is 1.88. The van der Waals surface area contributed by atoms with Crippen LogP contribution in [-0.4, -0.2) is 10.9 Å². The van der Waals surface area contributed by atoms with Gasteiger partial charge in [-0.25, -0.2) is 0 Å².